The predicted octanol–water partition coefficient (Wildman–Crippen LogP) is 1.58. The van der Waals surface area contributed by atoms with Gasteiger partial charge in [-0.1, -0.05) is 6.07 Å². The van der Waals surface area contributed by atoms with Crippen molar-refractivity contribution in [2.45, 2.75) is 4.90 Å². The summed E-state index contributed by atoms with van der Waals surface area (Å²) in [5, 5.41) is 2.52. The Hall–Kier alpha value is -2.25. The molecule has 0 fully saturated rings. The SMILES string of the molecule is O=C(Nc1cccc(S(=O)(=O)O)c1)c1cccnc1. The monoisotopic (exact) mass is 278 g/mol. The molecule has 1 aromatic carbocycles. The summed E-state index contributed by atoms with van der Waals surface area (Å²) in [5.74, 6) is -0.416. The average molecular weight is 278 g/mol. The summed E-state index contributed by atoms with van der Waals surface area (Å²) in [6, 6.07) is 8.53. The van der Waals surface area contributed by atoms with Crippen molar-refractivity contribution in [2.24, 2.45) is 0 Å². The molecule has 0 atom stereocenters. The Labute approximate surface area is 109 Å². The third-order valence-electron chi connectivity index (χ3n) is 2.31. The molecule has 6 nitrogen and oxygen atoms in total. The number of nitrogens with one attached hydrogen (secondary N) is 1. The maximum absolute atomic E-state index is 11.8. The Balaban J connectivity index is 2.23. The van der Waals surface area contributed by atoms with E-state index in [0.717, 1.165) is 0 Å². The van der Waals surface area contributed by atoms with E-state index < -0.39 is 16.0 Å². The van der Waals surface area contributed by atoms with Gasteiger partial charge in [0.05, 0.1) is 10.5 Å². The minimum Gasteiger partial charge on any atom is -0.322 e. The van der Waals surface area contributed by atoms with Crippen molar-refractivity contribution in [3.63, 3.8) is 0 Å². The number of hydrogen-bond donors (Lipinski definition) is 2. The maximum atomic E-state index is 11.8. The first-order valence-corrected chi connectivity index (χ1v) is 6.70. The average Bonchev–Trinajstić information content (AvgIpc) is 2.39. The van der Waals surface area contributed by atoms with Crippen LogP contribution in [0.5, 0.6) is 0 Å². The molecule has 1 amide bonds. The molecule has 0 saturated carbocycles. The number of carbonyl (C=O) groups excluding carboxylic acids is 1. The summed E-state index contributed by atoms with van der Waals surface area (Å²) in [6.45, 7) is 0. The molecule has 0 spiro atoms. The molecule has 0 aliphatic rings. The fourth-order valence-corrected chi connectivity index (χ4v) is 1.96. The molecule has 0 aliphatic heterocycles. The quantitative estimate of drug-likeness (QED) is 0.831. The number of anilines is 1. The van der Waals surface area contributed by atoms with E-state index in [-0.39, 0.29) is 10.6 Å². The first kappa shape index (κ1) is 13.2. The van der Waals surface area contributed by atoms with Crippen LogP contribution < -0.4 is 5.32 Å². The molecular formula is C12H10N2O4S. The zero-order valence-electron chi connectivity index (χ0n) is 9.65. The number of hydrogen-bond acceptors (Lipinski definition) is 4. The largest absolute Gasteiger partial charge is 0.322 e. The minimum atomic E-state index is -4.29. The fourth-order valence-electron chi connectivity index (χ4n) is 1.43. The van der Waals surface area contributed by atoms with Gasteiger partial charge in [-0.15, -0.1) is 0 Å². The first-order chi connectivity index (χ1) is 8.97. The lowest BCUT2D eigenvalue weighted by Crippen LogP contribution is -2.12. The highest BCUT2D eigenvalue weighted by atomic mass is 32.2. The molecule has 0 unspecified atom stereocenters. The van der Waals surface area contributed by atoms with Crippen molar-refractivity contribution < 1.29 is 17.8 Å². The van der Waals surface area contributed by atoms with E-state index in [1.165, 1.54) is 36.7 Å². The predicted molar refractivity (Wildman–Crippen MR) is 68.4 cm³/mol. The van der Waals surface area contributed by atoms with E-state index >= 15 is 0 Å². The zero-order chi connectivity index (χ0) is 13.9. The summed E-state index contributed by atoms with van der Waals surface area (Å²) >= 11 is 0. The summed E-state index contributed by atoms with van der Waals surface area (Å²) in [4.78, 5) is 15.3. The van der Waals surface area contributed by atoms with Crippen molar-refractivity contribution in [3.05, 3.63) is 54.4 Å². The minimum absolute atomic E-state index is 0.268. The summed E-state index contributed by atoms with van der Waals surface area (Å²) in [5.41, 5.74) is 0.615. The second-order valence-electron chi connectivity index (χ2n) is 3.70. The zero-order valence-corrected chi connectivity index (χ0v) is 10.5. The van der Waals surface area contributed by atoms with Gasteiger partial charge in [0.1, 0.15) is 0 Å². The van der Waals surface area contributed by atoms with Crippen molar-refractivity contribution in [1.82, 2.24) is 4.98 Å². The third kappa shape index (κ3) is 3.36. The van der Waals surface area contributed by atoms with E-state index in [1.54, 1.807) is 12.1 Å². The summed E-state index contributed by atoms with van der Waals surface area (Å²) in [6.07, 6.45) is 2.93. The third-order valence-corrected chi connectivity index (χ3v) is 3.16. The Morgan fingerprint density at radius 2 is 2.00 bits per heavy atom. The smallest absolute Gasteiger partial charge is 0.294 e. The van der Waals surface area contributed by atoms with Gasteiger partial charge in [0, 0.05) is 18.1 Å². The van der Waals surface area contributed by atoms with Gasteiger partial charge in [0.25, 0.3) is 16.0 Å². The Morgan fingerprint density at radius 3 is 2.63 bits per heavy atom. The highest BCUT2D eigenvalue weighted by Crippen LogP contribution is 2.15. The van der Waals surface area contributed by atoms with E-state index in [4.69, 9.17) is 4.55 Å². The highest BCUT2D eigenvalue weighted by Gasteiger charge is 2.11. The van der Waals surface area contributed by atoms with Gasteiger partial charge in [0.15, 0.2) is 0 Å². The van der Waals surface area contributed by atoms with Crippen LogP contribution in [-0.4, -0.2) is 23.9 Å². The van der Waals surface area contributed by atoms with Crippen LogP contribution in [0.15, 0.2) is 53.7 Å². The van der Waals surface area contributed by atoms with Crippen LogP contribution in [0.3, 0.4) is 0 Å². The van der Waals surface area contributed by atoms with E-state index in [9.17, 15) is 13.2 Å². The van der Waals surface area contributed by atoms with Crippen LogP contribution in [0, 0.1) is 0 Å². The summed E-state index contributed by atoms with van der Waals surface area (Å²) in [7, 11) is -4.29. The molecule has 98 valence electrons. The number of carbonyl (C=O) groups is 1. The molecule has 0 bridgehead atoms. The number of benzene rings is 1. The highest BCUT2D eigenvalue weighted by molar-refractivity contribution is 7.85. The second-order valence-corrected chi connectivity index (χ2v) is 5.12. The molecule has 0 saturated heterocycles. The van der Waals surface area contributed by atoms with Crippen LogP contribution in [-0.2, 0) is 10.1 Å². The van der Waals surface area contributed by atoms with Gasteiger partial charge >= 0.3 is 0 Å². The van der Waals surface area contributed by atoms with Gasteiger partial charge in [0.2, 0.25) is 0 Å². The normalized spacial score (nSPS) is 11.0. The van der Waals surface area contributed by atoms with Crippen LogP contribution >= 0.6 is 0 Å². The Kier molecular flexibility index (Phi) is 3.59. The Morgan fingerprint density at radius 1 is 1.21 bits per heavy atom. The number of rotatable bonds is 3. The lowest BCUT2D eigenvalue weighted by Gasteiger charge is -2.06. The van der Waals surface area contributed by atoms with Crippen molar-refractivity contribution in [2.75, 3.05) is 5.32 Å². The molecule has 0 radical (unpaired) electrons. The number of nitrogens with zero attached hydrogens (tertiary/aromatic N) is 1. The van der Waals surface area contributed by atoms with Crippen molar-refractivity contribution in [1.29, 1.82) is 0 Å². The van der Waals surface area contributed by atoms with Crippen LogP contribution in [0.1, 0.15) is 10.4 Å². The topological polar surface area (TPSA) is 96.4 Å². The van der Waals surface area contributed by atoms with E-state index in [1.807, 2.05) is 0 Å². The second kappa shape index (κ2) is 5.17. The van der Waals surface area contributed by atoms with Crippen LogP contribution in [0.4, 0.5) is 5.69 Å². The summed E-state index contributed by atoms with van der Waals surface area (Å²) < 4.78 is 30.9. The van der Waals surface area contributed by atoms with E-state index in [2.05, 4.69) is 10.3 Å². The molecule has 2 N–H and O–H groups in total. The molecule has 19 heavy (non-hydrogen) atoms. The molecular weight excluding hydrogens is 268 g/mol. The van der Waals surface area contributed by atoms with Crippen molar-refractivity contribution >= 4 is 21.7 Å². The molecule has 2 aromatic rings. The molecule has 2 rings (SSSR count). The molecule has 7 heteroatoms. The van der Waals surface area contributed by atoms with E-state index in [0.29, 0.717) is 5.56 Å². The Bertz CT molecular complexity index is 699. The number of pyridine rings is 1. The molecule has 1 heterocycles. The molecule has 1 aromatic heterocycles. The fraction of sp³-hybridized carbons (Fsp3) is 0. The maximum Gasteiger partial charge on any atom is 0.294 e. The van der Waals surface area contributed by atoms with Gasteiger partial charge < -0.3 is 5.32 Å². The van der Waals surface area contributed by atoms with Gasteiger partial charge in [-0.3, -0.25) is 14.3 Å². The lowest BCUT2D eigenvalue weighted by molar-refractivity contribution is 0.102. The van der Waals surface area contributed by atoms with Gasteiger partial charge in [-0.05, 0) is 30.3 Å². The lowest BCUT2D eigenvalue weighted by atomic mass is 10.2. The number of aromatic nitrogens is 1. The molecule has 0 aliphatic carbocycles. The van der Waals surface area contributed by atoms with Crippen LogP contribution in [0.2, 0.25) is 0 Å². The van der Waals surface area contributed by atoms with Gasteiger partial charge in [-0.25, -0.2) is 0 Å². The first-order valence-electron chi connectivity index (χ1n) is 5.26. The standard InChI is InChI=1S/C12H10N2O4S/c15-12(9-3-2-6-13-8-9)14-10-4-1-5-11(7-10)19(16,17)18/h1-8H,(H,14,15)(H,16,17,18). The van der Waals surface area contributed by atoms with Gasteiger partial charge in [-0.2, -0.15) is 8.42 Å². The number of amides is 1. The van der Waals surface area contributed by atoms with Crippen LogP contribution in [0.25, 0.3) is 0 Å². The van der Waals surface area contributed by atoms with Crippen molar-refractivity contribution in [3.8, 4) is 0 Å².